The van der Waals surface area contributed by atoms with Crippen LogP contribution in [0.25, 0.3) is 33.5 Å². The van der Waals surface area contributed by atoms with E-state index in [1.54, 1.807) is 43.1 Å². The summed E-state index contributed by atoms with van der Waals surface area (Å²) in [7, 11) is 0. The number of pyridine rings is 1. The van der Waals surface area contributed by atoms with Crippen molar-refractivity contribution in [2.24, 2.45) is 11.8 Å². The summed E-state index contributed by atoms with van der Waals surface area (Å²) in [6.07, 6.45) is 7.90. The number of carbonyl (C=O) groups excluding carboxylic acids is 1. The molecule has 1 saturated carbocycles. The van der Waals surface area contributed by atoms with Crippen LogP contribution < -0.4 is 11.4 Å². The largest absolute Gasteiger partial charge is 0.438 e. The number of imidazole rings is 1. The third-order valence-corrected chi connectivity index (χ3v) is 11.7. The second-order valence-electron chi connectivity index (χ2n) is 14.9. The van der Waals surface area contributed by atoms with Crippen molar-refractivity contribution in [1.82, 2.24) is 39.0 Å². The Hall–Kier alpha value is -6.11. The van der Waals surface area contributed by atoms with Gasteiger partial charge in [-0.3, -0.25) is 23.9 Å². The molecule has 1 fully saturated rings. The number of benzene rings is 2. The van der Waals surface area contributed by atoms with Gasteiger partial charge in [-0.1, -0.05) is 25.1 Å². The van der Waals surface area contributed by atoms with Crippen LogP contribution in [0, 0.1) is 38.4 Å². The normalized spacial score (nSPS) is 19.4. The summed E-state index contributed by atoms with van der Waals surface area (Å²) in [5, 5.41) is 9.99. The lowest BCUT2D eigenvalue weighted by atomic mass is 9.83. The Labute approximate surface area is 308 Å². The first-order chi connectivity index (χ1) is 26.0. The lowest BCUT2D eigenvalue weighted by Crippen LogP contribution is -2.31. The van der Waals surface area contributed by atoms with Gasteiger partial charge in [-0.2, -0.15) is 5.10 Å². The van der Waals surface area contributed by atoms with Crippen LogP contribution in [0.15, 0.2) is 75.2 Å². The Balaban J connectivity index is 1.19. The summed E-state index contributed by atoms with van der Waals surface area (Å²) in [6, 6.07) is 13.7. The second kappa shape index (κ2) is 12.2. The average molecular weight is 727 g/mol. The van der Waals surface area contributed by atoms with E-state index < -0.39 is 17.2 Å². The van der Waals surface area contributed by atoms with Crippen LogP contribution in [0.1, 0.15) is 76.6 Å². The number of ketones is 1. The minimum absolute atomic E-state index is 0.0512. The highest BCUT2D eigenvalue weighted by Gasteiger charge is 2.59. The highest BCUT2D eigenvalue weighted by Crippen LogP contribution is 2.56. The van der Waals surface area contributed by atoms with Crippen LogP contribution in [0.4, 0.5) is 4.39 Å². The van der Waals surface area contributed by atoms with Gasteiger partial charge in [-0.15, -0.1) is 0 Å². The average Bonchev–Trinajstić information content (AvgIpc) is 3.67. The van der Waals surface area contributed by atoms with Crippen molar-refractivity contribution < 1.29 is 13.7 Å². The van der Waals surface area contributed by atoms with Gasteiger partial charge in [0.25, 0.3) is 0 Å². The molecule has 12 nitrogen and oxygen atoms in total. The highest BCUT2D eigenvalue weighted by molar-refractivity contribution is 6.03. The number of aromatic amines is 2. The van der Waals surface area contributed by atoms with Crippen molar-refractivity contribution in [2.45, 2.75) is 72.3 Å². The standard InChI is InChI=1S/C41H39FN8O4/c1-6-31-24(5)29(11-12-43-31)25-8-10-33-27(17-25)19-34(49(33)41(20-23(41)4)38-45-40(53)54-47-38)36(51)26-7-9-32-30(18-26)37(48-14-13-44-39(48)52)50(46-32)28-15-21(2)35(42)22(3)16-28/h8,10-17,19,23,26H,6-7,9,18,20H2,1-5H3,(H,44,52)(H,45,47,53)/t23-,26?,41-/m0/s1. The maximum Gasteiger partial charge on any atom is 0.438 e. The minimum Gasteiger partial charge on any atom is -0.324 e. The molecule has 2 aromatic carbocycles. The maximum atomic E-state index is 15.1. The van der Waals surface area contributed by atoms with Gasteiger partial charge in [0.1, 0.15) is 17.2 Å². The SMILES string of the molecule is CCc1nccc(-c2ccc3c(c2)cc(C(=O)C2CCc4nn(-c5cc(C)c(F)c(C)c5)c(-n5cc[nH]c5=O)c4C2)n3[C@@]2(c3noc(=O)[nH]3)C[C@@H]2C)c1C. The predicted octanol–water partition coefficient (Wildman–Crippen LogP) is 6.44. The molecule has 54 heavy (non-hydrogen) atoms. The number of halogens is 1. The molecule has 2 aliphatic carbocycles. The number of rotatable bonds is 8. The van der Waals surface area contributed by atoms with Crippen LogP contribution in [0.2, 0.25) is 0 Å². The van der Waals surface area contributed by atoms with Gasteiger partial charge < -0.3 is 9.55 Å². The number of nitrogens with zero attached hydrogens (tertiary/aromatic N) is 6. The third-order valence-electron chi connectivity index (χ3n) is 11.7. The van der Waals surface area contributed by atoms with Crippen LogP contribution in [0.5, 0.6) is 0 Å². The first-order valence-electron chi connectivity index (χ1n) is 18.4. The number of H-pyrrole nitrogens is 2. The fraction of sp³-hybridized carbons (Fsp3) is 0.317. The van der Waals surface area contributed by atoms with Crippen LogP contribution in [-0.2, 0) is 24.8 Å². The molecule has 1 unspecified atom stereocenters. The number of hydrogen-bond donors (Lipinski definition) is 2. The van der Waals surface area contributed by atoms with E-state index in [4.69, 9.17) is 9.62 Å². The van der Waals surface area contributed by atoms with Gasteiger partial charge in [-0.25, -0.2) is 18.7 Å². The van der Waals surface area contributed by atoms with Crippen molar-refractivity contribution >= 4 is 16.7 Å². The van der Waals surface area contributed by atoms with E-state index in [9.17, 15) is 14.0 Å². The molecule has 274 valence electrons. The summed E-state index contributed by atoms with van der Waals surface area (Å²) in [6.45, 7) is 9.66. The number of Topliss-reactive ketones (excluding diaryl/α,β-unsaturated/α-hetero) is 1. The lowest BCUT2D eigenvalue weighted by Gasteiger charge is -2.25. The second-order valence-corrected chi connectivity index (χ2v) is 14.9. The van der Waals surface area contributed by atoms with Gasteiger partial charge >= 0.3 is 11.4 Å². The number of aryl methyl sites for hydroxylation is 4. The number of hydrogen-bond acceptors (Lipinski definition) is 7. The Morgan fingerprint density at radius 1 is 1.09 bits per heavy atom. The number of carbonyl (C=O) groups is 1. The zero-order valence-electron chi connectivity index (χ0n) is 30.7. The number of aromatic nitrogens is 8. The van der Waals surface area contributed by atoms with Gasteiger partial charge in [0.15, 0.2) is 11.6 Å². The predicted molar refractivity (Wildman–Crippen MR) is 200 cm³/mol. The topological polar surface area (TPSA) is 149 Å². The molecular weight excluding hydrogens is 688 g/mol. The summed E-state index contributed by atoms with van der Waals surface area (Å²) in [5.74, 6) is -0.463. The molecule has 0 bridgehead atoms. The molecule has 7 aromatic rings. The summed E-state index contributed by atoms with van der Waals surface area (Å²) in [4.78, 5) is 50.6. The van der Waals surface area contributed by atoms with Crippen LogP contribution >= 0.6 is 0 Å². The molecular formula is C41H39FN8O4. The summed E-state index contributed by atoms with van der Waals surface area (Å²) in [5.41, 5.74) is 7.63. The van der Waals surface area contributed by atoms with E-state index in [1.165, 1.54) is 4.57 Å². The fourth-order valence-corrected chi connectivity index (χ4v) is 8.76. The summed E-state index contributed by atoms with van der Waals surface area (Å²) >= 11 is 0. The van der Waals surface area contributed by atoms with Gasteiger partial charge in [-0.05, 0) is 123 Å². The van der Waals surface area contributed by atoms with E-state index in [2.05, 4.69) is 57.6 Å². The van der Waals surface area contributed by atoms with Gasteiger partial charge in [0.2, 0.25) is 0 Å². The monoisotopic (exact) mass is 726 g/mol. The molecule has 0 radical (unpaired) electrons. The third kappa shape index (κ3) is 5.01. The first-order valence-corrected chi connectivity index (χ1v) is 18.4. The minimum atomic E-state index is -0.783. The zero-order valence-corrected chi connectivity index (χ0v) is 30.7. The Morgan fingerprint density at radius 2 is 1.87 bits per heavy atom. The fourth-order valence-electron chi connectivity index (χ4n) is 8.76. The van der Waals surface area contributed by atoms with Crippen LogP contribution in [-0.4, -0.2) is 44.8 Å². The van der Waals surface area contributed by atoms with E-state index >= 15 is 4.79 Å². The molecule has 9 rings (SSSR count). The quantitative estimate of drug-likeness (QED) is 0.171. The number of fused-ring (bicyclic) bond motifs is 2. The van der Waals surface area contributed by atoms with E-state index in [1.807, 2.05) is 24.4 Å². The van der Waals surface area contributed by atoms with E-state index in [0.29, 0.717) is 59.8 Å². The van der Waals surface area contributed by atoms with Crippen molar-refractivity contribution in [1.29, 1.82) is 0 Å². The van der Waals surface area contributed by atoms with Crippen molar-refractivity contribution in [2.75, 3.05) is 0 Å². The Bertz CT molecular complexity index is 2760. The Kier molecular flexibility index (Phi) is 7.63. The highest BCUT2D eigenvalue weighted by atomic mass is 19.1. The molecule has 3 atom stereocenters. The zero-order chi connectivity index (χ0) is 37.6. The summed E-state index contributed by atoms with van der Waals surface area (Å²) < 4.78 is 25.0. The number of nitrogens with one attached hydrogen (secondary N) is 2. The van der Waals surface area contributed by atoms with Gasteiger partial charge in [0.05, 0.1) is 17.1 Å². The first kappa shape index (κ1) is 33.7. The molecule has 13 heteroatoms. The Morgan fingerprint density at radius 3 is 2.54 bits per heavy atom. The molecule has 0 amide bonds. The molecule has 0 aliphatic heterocycles. The molecule has 5 heterocycles. The van der Waals surface area contributed by atoms with Gasteiger partial charge in [0, 0.05) is 46.7 Å². The maximum absolute atomic E-state index is 15.1. The van der Waals surface area contributed by atoms with Crippen molar-refractivity contribution in [3.63, 3.8) is 0 Å². The molecule has 2 N–H and O–H groups in total. The van der Waals surface area contributed by atoms with Crippen LogP contribution in [0.3, 0.4) is 0 Å². The lowest BCUT2D eigenvalue weighted by molar-refractivity contribution is 0.0896. The molecule has 0 saturated heterocycles. The van der Waals surface area contributed by atoms with Crippen molar-refractivity contribution in [3.8, 4) is 22.6 Å². The molecule has 2 aliphatic rings. The molecule has 0 spiro atoms. The smallest absolute Gasteiger partial charge is 0.324 e. The van der Waals surface area contributed by atoms with Crippen molar-refractivity contribution in [3.05, 3.63) is 133 Å². The van der Waals surface area contributed by atoms with E-state index in [-0.39, 0.29) is 23.2 Å². The molecule has 5 aromatic heterocycles. The van der Waals surface area contributed by atoms with E-state index in [0.717, 1.165) is 51.0 Å².